The van der Waals surface area contributed by atoms with Crippen LogP contribution in [0.4, 0.5) is 36.4 Å². The number of rotatable bonds is 8. The zero-order valence-electron chi connectivity index (χ0n) is 21.3. The van der Waals surface area contributed by atoms with Crippen LogP contribution in [-0.2, 0) is 4.79 Å². The molecule has 1 aromatic heterocycles. The summed E-state index contributed by atoms with van der Waals surface area (Å²) >= 11 is 0.921. The van der Waals surface area contributed by atoms with Crippen LogP contribution in [0, 0.1) is 5.82 Å². The van der Waals surface area contributed by atoms with Gasteiger partial charge in [0.25, 0.3) is 5.91 Å². The van der Waals surface area contributed by atoms with E-state index in [1.807, 2.05) is 13.8 Å². The van der Waals surface area contributed by atoms with E-state index in [-0.39, 0.29) is 28.5 Å². The standard InChI is InChI=1S/C21H19F7N6O3S.C2H6/c1-10-17(34(9-35)7-20(23,24)25)16(33-19(29)38-10)12-4-11(2-3-13(12)22)32-18(36)14-5-31-15(6-30-14)37-8-21(26,27)28;1-2/h2-6,9-10,16-17H,7-8H2,1H3,(H2,29,33)(H,32,36);1-2H3/t10?,16?,17-;/m1./s1. The Morgan fingerprint density at radius 3 is 2.38 bits per heavy atom. The average Bonchev–Trinajstić information content (AvgIpc) is 2.87. The lowest BCUT2D eigenvalue weighted by atomic mass is 9.95. The maximum atomic E-state index is 14.9. The summed E-state index contributed by atoms with van der Waals surface area (Å²) in [6.45, 7) is 2.31. The first-order valence-electron chi connectivity index (χ1n) is 11.6. The Labute approximate surface area is 228 Å². The van der Waals surface area contributed by atoms with Crippen molar-refractivity contribution in [1.82, 2.24) is 14.9 Å². The molecule has 0 bridgehead atoms. The molecule has 17 heteroatoms. The summed E-state index contributed by atoms with van der Waals surface area (Å²) in [6, 6.07) is 0.647. The van der Waals surface area contributed by atoms with E-state index in [2.05, 4.69) is 25.0 Å². The molecule has 3 rings (SSSR count). The summed E-state index contributed by atoms with van der Waals surface area (Å²) in [5.41, 5.74) is 5.21. The number of halogens is 7. The van der Waals surface area contributed by atoms with Crippen LogP contribution >= 0.6 is 11.8 Å². The first kappa shape index (κ1) is 32.6. The van der Waals surface area contributed by atoms with Crippen molar-refractivity contribution in [2.75, 3.05) is 18.5 Å². The molecule has 0 fully saturated rings. The summed E-state index contributed by atoms with van der Waals surface area (Å²) in [5.74, 6) is -2.24. The van der Waals surface area contributed by atoms with Crippen molar-refractivity contribution in [3.05, 3.63) is 47.7 Å². The van der Waals surface area contributed by atoms with Crippen molar-refractivity contribution < 1.29 is 45.1 Å². The summed E-state index contributed by atoms with van der Waals surface area (Å²) in [4.78, 5) is 35.9. The van der Waals surface area contributed by atoms with Crippen LogP contribution in [-0.4, -0.2) is 69.1 Å². The molecular weight excluding hydrogens is 573 g/mol. The minimum absolute atomic E-state index is 0.00351. The van der Waals surface area contributed by atoms with E-state index in [1.165, 1.54) is 6.92 Å². The number of nitrogens with zero attached hydrogens (tertiary/aromatic N) is 4. The number of amides is 2. The lowest BCUT2D eigenvalue weighted by Gasteiger charge is -2.39. The highest BCUT2D eigenvalue weighted by Crippen LogP contribution is 2.39. The number of aliphatic imine (C=N–C) groups is 1. The van der Waals surface area contributed by atoms with Crippen LogP contribution < -0.4 is 15.8 Å². The number of ether oxygens (including phenoxy) is 1. The third kappa shape index (κ3) is 9.24. The molecule has 0 aliphatic carbocycles. The summed E-state index contributed by atoms with van der Waals surface area (Å²) in [5, 5.41) is 1.65. The van der Waals surface area contributed by atoms with Crippen molar-refractivity contribution in [3.8, 4) is 5.88 Å². The van der Waals surface area contributed by atoms with Crippen LogP contribution in [0.15, 0.2) is 35.6 Å². The number of nitrogens with one attached hydrogen (secondary N) is 1. The van der Waals surface area contributed by atoms with Crippen molar-refractivity contribution in [2.45, 2.75) is 50.5 Å². The number of benzene rings is 1. The quantitative estimate of drug-likeness (QED) is 0.333. The van der Waals surface area contributed by atoms with Gasteiger partial charge in [0.2, 0.25) is 12.3 Å². The van der Waals surface area contributed by atoms with E-state index in [4.69, 9.17) is 5.73 Å². The van der Waals surface area contributed by atoms with Gasteiger partial charge in [-0.3, -0.25) is 14.6 Å². The highest BCUT2D eigenvalue weighted by molar-refractivity contribution is 8.14. The highest BCUT2D eigenvalue weighted by Gasteiger charge is 2.42. The average molecular weight is 599 g/mol. The van der Waals surface area contributed by atoms with Crippen molar-refractivity contribution in [2.24, 2.45) is 10.7 Å². The SMILES string of the molecule is CC.CC1SC(N)=NC(c2cc(NC(=O)c3cnc(OCC(F)(F)F)cn3)ccc2F)[C@@H]1N(C=O)CC(F)(F)F. The first-order valence-corrected chi connectivity index (χ1v) is 12.4. The van der Waals surface area contributed by atoms with Crippen LogP contribution in [0.25, 0.3) is 0 Å². The maximum Gasteiger partial charge on any atom is 0.422 e. The largest absolute Gasteiger partial charge is 0.467 e. The number of alkyl halides is 6. The Hall–Kier alpha value is -3.63. The van der Waals surface area contributed by atoms with E-state index >= 15 is 0 Å². The second-order valence-electron chi connectivity index (χ2n) is 7.95. The van der Waals surface area contributed by atoms with Gasteiger partial charge < -0.3 is 20.7 Å². The third-order valence-corrected chi connectivity index (χ3v) is 6.07. The lowest BCUT2D eigenvalue weighted by Crippen LogP contribution is -2.50. The van der Waals surface area contributed by atoms with Gasteiger partial charge in [-0.1, -0.05) is 32.5 Å². The molecule has 220 valence electrons. The number of amidine groups is 1. The van der Waals surface area contributed by atoms with Gasteiger partial charge in [-0.15, -0.1) is 0 Å². The van der Waals surface area contributed by atoms with Crippen molar-refractivity contribution >= 4 is 34.9 Å². The Kier molecular flexibility index (Phi) is 11.1. The van der Waals surface area contributed by atoms with Crippen LogP contribution in [0.3, 0.4) is 0 Å². The molecule has 1 aromatic carbocycles. The Morgan fingerprint density at radius 1 is 1.15 bits per heavy atom. The van der Waals surface area contributed by atoms with Gasteiger partial charge in [0.1, 0.15) is 24.1 Å². The number of hydrogen-bond acceptors (Lipinski definition) is 8. The molecule has 0 saturated carbocycles. The zero-order valence-corrected chi connectivity index (χ0v) is 22.1. The van der Waals surface area contributed by atoms with Crippen molar-refractivity contribution in [3.63, 3.8) is 0 Å². The van der Waals surface area contributed by atoms with E-state index in [0.29, 0.717) is 4.90 Å². The smallest absolute Gasteiger partial charge is 0.422 e. The zero-order chi connectivity index (χ0) is 30.3. The molecule has 0 radical (unpaired) electrons. The number of anilines is 1. The molecule has 2 heterocycles. The number of thioether (sulfide) groups is 1. The predicted molar refractivity (Wildman–Crippen MR) is 133 cm³/mol. The minimum atomic E-state index is -4.73. The van der Waals surface area contributed by atoms with Crippen molar-refractivity contribution in [1.29, 1.82) is 0 Å². The van der Waals surface area contributed by atoms with E-state index in [9.17, 15) is 40.3 Å². The summed E-state index contributed by atoms with van der Waals surface area (Å²) < 4.78 is 95.3. The molecule has 40 heavy (non-hydrogen) atoms. The van der Waals surface area contributed by atoms with Crippen LogP contribution in [0.1, 0.15) is 42.9 Å². The number of carbonyl (C=O) groups is 2. The molecule has 2 aromatic rings. The second-order valence-corrected chi connectivity index (χ2v) is 9.35. The topological polar surface area (TPSA) is 123 Å². The molecule has 2 unspecified atom stereocenters. The molecule has 0 saturated heterocycles. The minimum Gasteiger partial charge on any atom is -0.467 e. The van der Waals surface area contributed by atoms with E-state index < -0.39 is 60.4 Å². The fraction of sp³-hybridized carbons (Fsp3) is 0.435. The highest BCUT2D eigenvalue weighted by atomic mass is 32.2. The molecule has 3 atom stereocenters. The Balaban J connectivity index is 0.00000274. The van der Waals surface area contributed by atoms with E-state index in [1.54, 1.807) is 0 Å². The Bertz CT molecular complexity index is 1190. The van der Waals surface area contributed by atoms with Crippen LogP contribution in [0.5, 0.6) is 5.88 Å². The van der Waals surface area contributed by atoms with Gasteiger partial charge in [-0.05, 0) is 18.2 Å². The maximum absolute atomic E-state index is 14.9. The number of aromatic nitrogens is 2. The van der Waals surface area contributed by atoms with Gasteiger partial charge in [0.15, 0.2) is 11.8 Å². The fourth-order valence-corrected chi connectivity index (χ4v) is 4.59. The number of carbonyl (C=O) groups excluding carboxylic acids is 2. The molecule has 0 spiro atoms. The van der Waals surface area contributed by atoms with Gasteiger partial charge in [0.05, 0.1) is 18.4 Å². The van der Waals surface area contributed by atoms with Gasteiger partial charge in [-0.2, -0.15) is 26.3 Å². The molecule has 9 nitrogen and oxygen atoms in total. The molecule has 1 aliphatic heterocycles. The summed E-state index contributed by atoms with van der Waals surface area (Å²) in [6.07, 6.45) is -7.68. The summed E-state index contributed by atoms with van der Waals surface area (Å²) in [7, 11) is 0. The normalized spacial score (nSPS) is 19.1. The Morgan fingerprint density at radius 2 is 1.82 bits per heavy atom. The van der Waals surface area contributed by atoms with Gasteiger partial charge in [-0.25, -0.2) is 14.4 Å². The third-order valence-electron chi connectivity index (χ3n) is 5.07. The molecule has 2 amide bonds. The molecule has 3 N–H and O–H groups in total. The monoisotopic (exact) mass is 598 g/mol. The molecular formula is C23H25F7N6O3S. The number of nitrogens with two attached hydrogens (primary N) is 1. The first-order chi connectivity index (χ1) is 18.7. The fourth-order valence-electron chi connectivity index (χ4n) is 3.59. The van der Waals surface area contributed by atoms with Gasteiger partial charge >= 0.3 is 12.4 Å². The lowest BCUT2D eigenvalue weighted by molar-refractivity contribution is -0.159. The second kappa shape index (κ2) is 13.6. The van der Waals surface area contributed by atoms with Crippen LogP contribution in [0.2, 0.25) is 0 Å². The van der Waals surface area contributed by atoms with Gasteiger partial charge in [0, 0.05) is 16.5 Å². The molecule has 1 aliphatic rings. The number of hydrogen-bond donors (Lipinski definition) is 2. The predicted octanol–water partition coefficient (Wildman–Crippen LogP) is 4.72. The van der Waals surface area contributed by atoms with E-state index in [0.717, 1.165) is 42.4 Å².